The van der Waals surface area contributed by atoms with Crippen LogP contribution in [0.2, 0.25) is 0 Å². The fourth-order valence-electron chi connectivity index (χ4n) is 2.63. The Labute approximate surface area is 118 Å². The molecule has 0 atom stereocenters. The molecule has 0 amide bonds. The highest BCUT2D eigenvalue weighted by molar-refractivity contribution is 6.13. The first kappa shape index (κ1) is 12.7. The summed E-state index contributed by atoms with van der Waals surface area (Å²) in [7, 11) is 1.65. The normalized spacial score (nSPS) is 16.1. The number of methoxy groups -OCH3 is 1. The van der Waals surface area contributed by atoms with Crippen LogP contribution in [0.3, 0.4) is 0 Å². The molecular weight excluding hydrogens is 248 g/mol. The number of benzene rings is 2. The van der Waals surface area contributed by atoms with Crippen LogP contribution >= 0.6 is 0 Å². The zero-order valence-electron chi connectivity index (χ0n) is 11.4. The molecule has 0 aromatic heterocycles. The molecule has 0 saturated carbocycles. The first-order valence-corrected chi connectivity index (χ1v) is 6.76. The van der Waals surface area contributed by atoms with Crippen molar-refractivity contribution in [3.8, 4) is 5.75 Å². The highest BCUT2D eigenvalue weighted by Gasteiger charge is 2.21. The molecule has 0 saturated heterocycles. The maximum Gasteiger partial charge on any atom is 0.189 e. The van der Waals surface area contributed by atoms with E-state index >= 15 is 0 Å². The Morgan fingerprint density at radius 3 is 2.60 bits per heavy atom. The lowest BCUT2D eigenvalue weighted by molar-refractivity contribution is 0.102. The molecule has 0 fully saturated rings. The zero-order valence-corrected chi connectivity index (χ0v) is 11.4. The van der Waals surface area contributed by atoms with Gasteiger partial charge in [-0.2, -0.15) is 0 Å². The van der Waals surface area contributed by atoms with Crippen molar-refractivity contribution in [2.75, 3.05) is 7.11 Å². The summed E-state index contributed by atoms with van der Waals surface area (Å²) < 4.78 is 5.34. The first-order valence-electron chi connectivity index (χ1n) is 6.76. The summed E-state index contributed by atoms with van der Waals surface area (Å²) in [6.07, 6.45) is 3.66. The van der Waals surface area contributed by atoms with Gasteiger partial charge >= 0.3 is 0 Å². The SMILES string of the molecule is COc1ccccc1/C=C1/CCc2ccccc2C1=O. The molecule has 1 aliphatic carbocycles. The van der Waals surface area contributed by atoms with E-state index in [2.05, 4.69) is 0 Å². The quantitative estimate of drug-likeness (QED) is 0.769. The van der Waals surface area contributed by atoms with Gasteiger partial charge in [0.05, 0.1) is 7.11 Å². The van der Waals surface area contributed by atoms with Gasteiger partial charge in [-0.1, -0.05) is 42.5 Å². The smallest absolute Gasteiger partial charge is 0.189 e. The Hall–Kier alpha value is -2.35. The first-order chi connectivity index (χ1) is 9.79. The predicted molar refractivity (Wildman–Crippen MR) is 80.1 cm³/mol. The van der Waals surface area contributed by atoms with Gasteiger partial charge in [0.2, 0.25) is 0 Å². The van der Waals surface area contributed by atoms with Gasteiger partial charge in [0.1, 0.15) is 5.75 Å². The van der Waals surface area contributed by atoms with Gasteiger partial charge in [0.15, 0.2) is 5.78 Å². The molecule has 2 aromatic rings. The Bertz CT molecular complexity index is 683. The maximum absolute atomic E-state index is 12.5. The summed E-state index contributed by atoms with van der Waals surface area (Å²) in [6.45, 7) is 0. The number of carbonyl (C=O) groups excluding carboxylic acids is 1. The van der Waals surface area contributed by atoms with Crippen LogP contribution in [0.5, 0.6) is 5.75 Å². The second kappa shape index (κ2) is 5.33. The number of hydrogen-bond donors (Lipinski definition) is 0. The van der Waals surface area contributed by atoms with Crippen molar-refractivity contribution in [2.45, 2.75) is 12.8 Å². The second-order valence-electron chi connectivity index (χ2n) is 4.90. The van der Waals surface area contributed by atoms with Crippen molar-refractivity contribution in [1.29, 1.82) is 0 Å². The number of carbonyl (C=O) groups is 1. The number of ether oxygens (including phenoxy) is 1. The average Bonchev–Trinajstić information content (AvgIpc) is 2.51. The lowest BCUT2D eigenvalue weighted by atomic mass is 9.86. The third-order valence-corrected chi connectivity index (χ3v) is 3.69. The molecule has 2 nitrogen and oxygen atoms in total. The van der Waals surface area contributed by atoms with Gasteiger partial charge in [-0.05, 0) is 30.5 Å². The molecule has 0 radical (unpaired) electrons. The molecule has 0 spiro atoms. The van der Waals surface area contributed by atoms with Crippen LogP contribution in [-0.4, -0.2) is 12.9 Å². The minimum absolute atomic E-state index is 0.137. The van der Waals surface area contributed by atoms with E-state index in [9.17, 15) is 4.79 Å². The molecule has 100 valence electrons. The highest BCUT2D eigenvalue weighted by Crippen LogP contribution is 2.28. The molecule has 0 heterocycles. The monoisotopic (exact) mass is 264 g/mol. The number of allylic oxidation sites excluding steroid dienone is 1. The number of Topliss-reactive ketones (excluding diaryl/α,β-unsaturated/α-hetero) is 1. The average molecular weight is 264 g/mol. The van der Waals surface area contributed by atoms with E-state index in [-0.39, 0.29) is 5.78 Å². The van der Waals surface area contributed by atoms with E-state index in [1.807, 2.05) is 54.6 Å². The molecular formula is C18H16O2. The molecule has 3 rings (SSSR count). The molecule has 0 bridgehead atoms. The minimum Gasteiger partial charge on any atom is -0.496 e. The third-order valence-electron chi connectivity index (χ3n) is 3.69. The zero-order chi connectivity index (χ0) is 13.9. The van der Waals surface area contributed by atoms with Gasteiger partial charge < -0.3 is 4.74 Å². The van der Waals surface area contributed by atoms with E-state index in [1.54, 1.807) is 7.11 Å². The largest absolute Gasteiger partial charge is 0.496 e. The van der Waals surface area contributed by atoms with Crippen LogP contribution in [0, 0.1) is 0 Å². The number of aryl methyl sites for hydroxylation is 1. The molecule has 2 heteroatoms. The van der Waals surface area contributed by atoms with Crippen molar-refractivity contribution in [3.05, 3.63) is 70.8 Å². The van der Waals surface area contributed by atoms with Crippen molar-refractivity contribution >= 4 is 11.9 Å². The lowest BCUT2D eigenvalue weighted by Crippen LogP contribution is -2.13. The van der Waals surface area contributed by atoms with Crippen LogP contribution < -0.4 is 4.74 Å². The Balaban J connectivity index is 2.00. The maximum atomic E-state index is 12.5. The van der Waals surface area contributed by atoms with Crippen LogP contribution in [0.1, 0.15) is 27.9 Å². The van der Waals surface area contributed by atoms with Crippen molar-refractivity contribution in [3.63, 3.8) is 0 Å². The summed E-state index contributed by atoms with van der Waals surface area (Å²) in [5.74, 6) is 0.935. The molecule has 1 aliphatic rings. The highest BCUT2D eigenvalue weighted by atomic mass is 16.5. The van der Waals surface area contributed by atoms with E-state index < -0.39 is 0 Å². The van der Waals surface area contributed by atoms with Gasteiger partial charge in [-0.3, -0.25) is 4.79 Å². The minimum atomic E-state index is 0.137. The number of para-hydroxylation sites is 1. The van der Waals surface area contributed by atoms with E-state index in [0.29, 0.717) is 0 Å². The summed E-state index contributed by atoms with van der Waals surface area (Å²) in [4.78, 5) is 12.5. The van der Waals surface area contributed by atoms with Crippen molar-refractivity contribution < 1.29 is 9.53 Å². The summed E-state index contributed by atoms with van der Waals surface area (Å²) >= 11 is 0. The number of fused-ring (bicyclic) bond motifs is 1. The van der Waals surface area contributed by atoms with Gasteiger partial charge in [0, 0.05) is 16.7 Å². The number of ketones is 1. The predicted octanol–water partition coefficient (Wildman–Crippen LogP) is 3.91. The van der Waals surface area contributed by atoms with Gasteiger partial charge in [-0.25, -0.2) is 0 Å². The van der Waals surface area contributed by atoms with Crippen LogP contribution in [0.4, 0.5) is 0 Å². The van der Waals surface area contributed by atoms with Crippen molar-refractivity contribution in [2.24, 2.45) is 0 Å². The molecule has 20 heavy (non-hydrogen) atoms. The Kier molecular flexibility index (Phi) is 3.38. The number of rotatable bonds is 2. The standard InChI is InChI=1S/C18H16O2/c1-20-17-9-5-3-7-14(17)12-15-11-10-13-6-2-4-8-16(13)18(15)19/h2-9,12H,10-11H2,1H3/b15-12-. The van der Waals surface area contributed by atoms with Crippen molar-refractivity contribution in [1.82, 2.24) is 0 Å². The molecule has 0 unspecified atom stereocenters. The summed E-state index contributed by atoms with van der Waals surface area (Å²) in [6, 6.07) is 15.6. The fourth-order valence-corrected chi connectivity index (χ4v) is 2.63. The van der Waals surface area contributed by atoms with E-state index in [1.165, 1.54) is 0 Å². The Morgan fingerprint density at radius 2 is 1.75 bits per heavy atom. The molecule has 0 N–H and O–H groups in total. The van der Waals surface area contributed by atoms with Crippen LogP contribution in [-0.2, 0) is 6.42 Å². The number of hydrogen-bond acceptors (Lipinski definition) is 2. The van der Waals surface area contributed by atoms with E-state index in [0.717, 1.165) is 40.9 Å². The van der Waals surface area contributed by atoms with Crippen LogP contribution in [0.15, 0.2) is 54.1 Å². The topological polar surface area (TPSA) is 26.3 Å². The lowest BCUT2D eigenvalue weighted by Gasteiger charge is -2.17. The molecule has 2 aromatic carbocycles. The second-order valence-corrected chi connectivity index (χ2v) is 4.90. The summed E-state index contributed by atoms with van der Waals surface area (Å²) in [5.41, 5.74) is 3.79. The summed E-state index contributed by atoms with van der Waals surface area (Å²) in [5, 5.41) is 0. The fraction of sp³-hybridized carbons (Fsp3) is 0.167. The molecule has 0 aliphatic heterocycles. The van der Waals surface area contributed by atoms with Gasteiger partial charge in [-0.15, -0.1) is 0 Å². The third kappa shape index (κ3) is 2.25. The van der Waals surface area contributed by atoms with E-state index in [4.69, 9.17) is 4.74 Å². The van der Waals surface area contributed by atoms with Crippen LogP contribution in [0.25, 0.3) is 6.08 Å². The Morgan fingerprint density at radius 1 is 1.00 bits per heavy atom. The van der Waals surface area contributed by atoms with Gasteiger partial charge in [0.25, 0.3) is 0 Å².